The Labute approximate surface area is 85.1 Å². The molecule has 0 spiro atoms. The molecule has 5 N–H and O–H groups in total. The minimum absolute atomic E-state index is 0.134. The van der Waals surface area contributed by atoms with Gasteiger partial charge >= 0.3 is 0 Å². The zero-order chi connectivity index (χ0) is 11.4. The van der Waals surface area contributed by atoms with Gasteiger partial charge < -0.3 is 16.6 Å². The van der Waals surface area contributed by atoms with Gasteiger partial charge in [0.25, 0.3) is 11.8 Å². The number of aliphatic hydroxyl groups excluding tert-OH is 1. The standard InChI is InChI=1S/C8H10N4O3/c9-7(14)5-3-11-4(1-2-13)6(12-5)8(10)15/h3,13H,1-2H2,(H2,9,14)(H2,10,15). The summed E-state index contributed by atoms with van der Waals surface area (Å²) in [5.41, 5.74) is 9.98. The van der Waals surface area contributed by atoms with Crippen LogP contribution in [-0.2, 0) is 6.42 Å². The first-order valence-electron chi connectivity index (χ1n) is 4.12. The van der Waals surface area contributed by atoms with Gasteiger partial charge in [0.15, 0.2) is 0 Å². The summed E-state index contributed by atoms with van der Waals surface area (Å²) in [4.78, 5) is 29.2. The van der Waals surface area contributed by atoms with Gasteiger partial charge in [-0.3, -0.25) is 14.6 Å². The lowest BCUT2D eigenvalue weighted by atomic mass is 10.2. The molecule has 0 bridgehead atoms. The lowest BCUT2D eigenvalue weighted by Crippen LogP contribution is -2.22. The van der Waals surface area contributed by atoms with Crippen LogP contribution in [0, 0.1) is 0 Å². The molecule has 0 aliphatic rings. The maximum absolute atomic E-state index is 11.0. The fraction of sp³-hybridized carbons (Fsp3) is 0.250. The highest BCUT2D eigenvalue weighted by molar-refractivity contribution is 5.95. The van der Waals surface area contributed by atoms with Crippen LogP contribution in [0.25, 0.3) is 0 Å². The van der Waals surface area contributed by atoms with E-state index in [4.69, 9.17) is 16.6 Å². The van der Waals surface area contributed by atoms with Crippen LogP contribution in [0.3, 0.4) is 0 Å². The summed E-state index contributed by atoms with van der Waals surface area (Å²) < 4.78 is 0. The van der Waals surface area contributed by atoms with Crippen LogP contribution in [-0.4, -0.2) is 33.5 Å². The second kappa shape index (κ2) is 4.47. The Hall–Kier alpha value is -2.02. The Morgan fingerprint density at radius 1 is 1.33 bits per heavy atom. The third kappa shape index (κ3) is 2.47. The maximum atomic E-state index is 11.0. The fourth-order valence-electron chi connectivity index (χ4n) is 1.02. The number of carbonyl (C=O) groups excluding carboxylic acids is 2. The summed E-state index contributed by atoms with van der Waals surface area (Å²) >= 11 is 0. The van der Waals surface area contributed by atoms with Gasteiger partial charge in [0.2, 0.25) is 0 Å². The van der Waals surface area contributed by atoms with Crippen molar-refractivity contribution in [2.45, 2.75) is 6.42 Å². The van der Waals surface area contributed by atoms with Crippen molar-refractivity contribution in [3.8, 4) is 0 Å². The zero-order valence-electron chi connectivity index (χ0n) is 7.80. The van der Waals surface area contributed by atoms with Crippen molar-refractivity contribution >= 4 is 11.8 Å². The predicted octanol–water partition coefficient (Wildman–Crippen LogP) is -1.79. The monoisotopic (exact) mass is 210 g/mol. The first-order valence-corrected chi connectivity index (χ1v) is 4.12. The van der Waals surface area contributed by atoms with Crippen LogP contribution in [0.2, 0.25) is 0 Å². The molecule has 80 valence electrons. The van der Waals surface area contributed by atoms with E-state index in [-0.39, 0.29) is 30.1 Å². The van der Waals surface area contributed by atoms with Gasteiger partial charge in [0.1, 0.15) is 11.4 Å². The van der Waals surface area contributed by atoms with Crippen molar-refractivity contribution in [2.24, 2.45) is 11.5 Å². The number of primary amides is 2. The number of nitrogens with two attached hydrogens (primary N) is 2. The van der Waals surface area contributed by atoms with Crippen LogP contribution in [0.15, 0.2) is 6.20 Å². The van der Waals surface area contributed by atoms with E-state index in [9.17, 15) is 9.59 Å². The van der Waals surface area contributed by atoms with Crippen molar-refractivity contribution in [3.05, 3.63) is 23.3 Å². The predicted molar refractivity (Wildman–Crippen MR) is 49.9 cm³/mol. The van der Waals surface area contributed by atoms with Crippen LogP contribution in [0.1, 0.15) is 26.7 Å². The zero-order valence-corrected chi connectivity index (χ0v) is 7.80. The van der Waals surface area contributed by atoms with Crippen molar-refractivity contribution in [1.29, 1.82) is 0 Å². The topological polar surface area (TPSA) is 132 Å². The Morgan fingerprint density at radius 3 is 2.47 bits per heavy atom. The molecule has 0 radical (unpaired) electrons. The average Bonchev–Trinajstić information content (AvgIpc) is 2.18. The van der Waals surface area contributed by atoms with Gasteiger partial charge in [0, 0.05) is 13.0 Å². The van der Waals surface area contributed by atoms with Crippen molar-refractivity contribution in [3.63, 3.8) is 0 Å². The average molecular weight is 210 g/mol. The van der Waals surface area contributed by atoms with Crippen molar-refractivity contribution in [1.82, 2.24) is 9.97 Å². The molecule has 0 atom stereocenters. The molecule has 0 unspecified atom stereocenters. The van der Waals surface area contributed by atoms with Gasteiger partial charge in [0.05, 0.1) is 11.9 Å². The third-order valence-corrected chi connectivity index (χ3v) is 1.68. The second-order valence-electron chi connectivity index (χ2n) is 2.75. The summed E-state index contributed by atoms with van der Waals surface area (Å²) in [6.07, 6.45) is 1.28. The van der Waals surface area contributed by atoms with E-state index in [0.717, 1.165) is 6.20 Å². The van der Waals surface area contributed by atoms with Crippen molar-refractivity contribution < 1.29 is 14.7 Å². The Kier molecular flexibility index (Phi) is 3.29. The minimum atomic E-state index is -0.811. The summed E-state index contributed by atoms with van der Waals surface area (Å²) in [7, 11) is 0. The van der Waals surface area contributed by atoms with E-state index in [1.54, 1.807) is 0 Å². The number of amides is 2. The maximum Gasteiger partial charge on any atom is 0.269 e. The highest BCUT2D eigenvalue weighted by atomic mass is 16.3. The number of hydrogen-bond acceptors (Lipinski definition) is 5. The number of carbonyl (C=O) groups is 2. The van der Waals surface area contributed by atoms with E-state index >= 15 is 0 Å². The molecule has 15 heavy (non-hydrogen) atoms. The first-order chi connectivity index (χ1) is 7.06. The summed E-state index contributed by atoms with van der Waals surface area (Å²) in [5.74, 6) is -1.60. The molecule has 0 saturated heterocycles. The van der Waals surface area contributed by atoms with E-state index < -0.39 is 11.8 Å². The van der Waals surface area contributed by atoms with Gasteiger partial charge in [-0.15, -0.1) is 0 Å². The molecule has 1 rings (SSSR count). The van der Waals surface area contributed by atoms with E-state index in [2.05, 4.69) is 9.97 Å². The molecule has 0 saturated carbocycles. The smallest absolute Gasteiger partial charge is 0.269 e. The van der Waals surface area contributed by atoms with Gasteiger partial charge in [-0.1, -0.05) is 0 Å². The Bertz CT molecular complexity index is 405. The van der Waals surface area contributed by atoms with Gasteiger partial charge in [-0.25, -0.2) is 4.98 Å². The molecule has 1 aromatic rings. The highest BCUT2D eigenvalue weighted by Crippen LogP contribution is 2.04. The largest absolute Gasteiger partial charge is 0.396 e. The summed E-state index contributed by atoms with van der Waals surface area (Å²) in [5, 5.41) is 8.69. The molecule has 7 nitrogen and oxygen atoms in total. The number of rotatable bonds is 4. The normalized spacial score (nSPS) is 9.93. The summed E-state index contributed by atoms with van der Waals surface area (Å²) in [6, 6.07) is 0. The van der Waals surface area contributed by atoms with Crippen LogP contribution >= 0.6 is 0 Å². The van der Waals surface area contributed by atoms with E-state index in [1.807, 2.05) is 0 Å². The first kappa shape index (κ1) is 11.1. The highest BCUT2D eigenvalue weighted by Gasteiger charge is 2.14. The molecule has 0 aromatic carbocycles. The summed E-state index contributed by atoms with van der Waals surface area (Å²) in [6.45, 7) is -0.190. The SMILES string of the molecule is NC(=O)c1cnc(CCO)c(C(N)=O)n1. The molecule has 0 aliphatic heterocycles. The lowest BCUT2D eigenvalue weighted by molar-refractivity contribution is 0.0990. The minimum Gasteiger partial charge on any atom is -0.396 e. The van der Waals surface area contributed by atoms with E-state index in [1.165, 1.54) is 0 Å². The molecule has 0 fully saturated rings. The van der Waals surface area contributed by atoms with Crippen molar-refractivity contribution in [2.75, 3.05) is 6.61 Å². The quantitative estimate of drug-likeness (QED) is 0.539. The third-order valence-electron chi connectivity index (χ3n) is 1.68. The number of aliphatic hydroxyl groups is 1. The molecular weight excluding hydrogens is 200 g/mol. The van der Waals surface area contributed by atoms with Crippen LogP contribution in [0.4, 0.5) is 0 Å². The second-order valence-corrected chi connectivity index (χ2v) is 2.75. The van der Waals surface area contributed by atoms with Crippen LogP contribution < -0.4 is 11.5 Å². The molecule has 1 aromatic heterocycles. The Balaban J connectivity index is 3.20. The fourth-order valence-corrected chi connectivity index (χ4v) is 1.02. The molecular formula is C8H10N4O3. The number of aromatic nitrogens is 2. The number of nitrogens with zero attached hydrogens (tertiary/aromatic N) is 2. The van der Waals surface area contributed by atoms with Crippen LogP contribution in [0.5, 0.6) is 0 Å². The number of hydrogen-bond donors (Lipinski definition) is 3. The molecule has 1 heterocycles. The molecule has 2 amide bonds. The van der Waals surface area contributed by atoms with Gasteiger partial charge in [-0.05, 0) is 0 Å². The van der Waals surface area contributed by atoms with E-state index in [0.29, 0.717) is 0 Å². The lowest BCUT2D eigenvalue weighted by Gasteiger charge is -2.04. The molecule has 7 heteroatoms. The molecule has 0 aliphatic carbocycles. The van der Waals surface area contributed by atoms with Gasteiger partial charge in [-0.2, -0.15) is 0 Å². The Morgan fingerprint density at radius 2 is 2.00 bits per heavy atom.